The van der Waals surface area contributed by atoms with Crippen LogP contribution in [0.15, 0.2) is 0 Å². The van der Waals surface area contributed by atoms with Crippen molar-refractivity contribution in [2.45, 2.75) is 187 Å². The van der Waals surface area contributed by atoms with Crippen LogP contribution in [0.3, 0.4) is 0 Å². The lowest BCUT2D eigenvalue weighted by Gasteiger charge is -2.36. The van der Waals surface area contributed by atoms with Crippen LogP contribution in [0.4, 0.5) is 0 Å². The molecule has 0 fully saturated rings. The molecule has 0 aliphatic heterocycles. The fraction of sp³-hybridized carbons (Fsp3) is 0.943. The van der Waals surface area contributed by atoms with Gasteiger partial charge in [0, 0.05) is 12.8 Å². The summed E-state index contributed by atoms with van der Waals surface area (Å²) in [6.45, 7) is 7.35. The van der Waals surface area contributed by atoms with E-state index in [0.29, 0.717) is 4.48 Å². The first-order valence-corrected chi connectivity index (χ1v) is 17.7. The number of rotatable bonds is 30. The van der Waals surface area contributed by atoms with E-state index in [9.17, 15) is 14.7 Å². The lowest BCUT2D eigenvalue weighted by atomic mass is 10.1. The van der Waals surface area contributed by atoms with E-state index in [1.54, 1.807) is 0 Å². The highest BCUT2D eigenvalue weighted by atomic mass is 79.9. The van der Waals surface area contributed by atoms with E-state index >= 15 is 0 Å². The fourth-order valence-electron chi connectivity index (χ4n) is 5.64. The zero-order valence-electron chi connectivity index (χ0n) is 28.5. The molecule has 0 heterocycles. The molecule has 0 saturated heterocycles. The molecule has 0 rings (SSSR count). The minimum absolute atomic E-state index is 0. The second-order valence-corrected chi connectivity index (χ2v) is 13.0. The quantitative estimate of drug-likeness (QED) is 0.0405. The van der Waals surface area contributed by atoms with Crippen molar-refractivity contribution in [1.29, 1.82) is 0 Å². The molecule has 0 aromatic rings. The van der Waals surface area contributed by atoms with Gasteiger partial charge in [0.15, 0.2) is 6.54 Å². The molecule has 0 bridgehead atoms. The Morgan fingerprint density at radius 2 is 0.810 bits per heavy atom. The number of hydrogen-bond acceptors (Lipinski definition) is 5. The van der Waals surface area contributed by atoms with Gasteiger partial charge in [-0.3, -0.25) is 9.59 Å². The van der Waals surface area contributed by atoms with Crippen LogP contribution in [-0.2, 0) is 19.1 Å². The second kappa shape index (κ2) is 29.1. The highest BCUT2D eigenvalue weighted by molar-refractivity contribution is 5.71. The van der Waals surface area contributed by atoms with Crippen LogP contribution in [0, 0.1) is 0 Å². The summed E-state index contributed by atoms with van der Waals surface area (Å²) in [5.74, 6) is -3.22. The normalized spacial score (nSPS) is 11.8. The minimum Gasteiger partial charge on any atom is -1.00 e. The molecule has 0 radical (unpaired) electrons. The molecule has 0 atom stereocenters. The maximum atomic E-state index is 12.6. The largest absolute Gasteiger partial charge is 1.00 e. The third kappa shape index (κ3) is 28.1. The first kappa shape index (κ1) is 43.5. The van der Waals surface area contributed by atoms with Crippen molar-refractivity contribution in [2.75, 3.05) is 27.2 Å². The third-order valence-electron chi connectivity index (χ3n) is 7.97. The Morgan fingerprint density at radius 1 is 0.524 bits per heavy atom. The number of likely N-dealkylation sites (N-methyl/N-ethyl adjacent to an activating group) is 1. The molecule has 7 heteroatoms. The van der Waals surface area contributed by atoms with E-state index in [0.717, 1.165) is 51.5 Å². The summed E-state index contributed by atoms with van der Waals surface area (Å²) in [5.41, 5.74) is 0. The number of ether oxygens (including phenoxy) is 2. The summed E-state index contributed by atoms with van der Waals surface area (Å²) in [5, 5.41) is 11.2. The standard InChI is InChI=1S/C35H70NO5.BrH/c1-6-9-11-13-15-17-19-21-23-25-27-29-33(37)40-35(39,32-36(4,5)31-8-3)41-34(38)30-28-26-24-22-20-18-16-14-12-10-7-2;/h39H,6-32H2,1-5H3;1H/q+1;/p-1. The summed E-state index contributed by atoms with van der Waals surface area (Å²) in [6, 6.07) is 0. The number of esters is 2. The molecule has 0 aromatic heterocycles. The summed E-state index contributed by atoms with van der Waals surface area (Å²) < 4.78 is 11.3. The molecule has 1 N–H and O–H groups in total. The predicted molar refractivity (Wildman–Crippen MR) is 171 cm³/mol. The molecular weight excluding hydrogens is 594 g/mol. The van der Waals surface area contributed by atoms with Crippen LogP contribution >= 0.6 is 0 Å². The lowest BCUT2D eigenvalue weighted by molar-refractivity contribution is -0.904. The van der Waals surface area contributed by atoms with Gasteiger partial charge in [-0.25, -0.2) is 0 Å². The Kier molecular flexibility index (Phi) is 30.1. The number of carbonyl (C=O) groups excluding carboxylic acids is 2. The van der Waals surface area contributed by atoms with Crippen LogP contribution in [0.25, 0.3) is 0 Å². The average molecular weight is 665 g/mol. The minimum atomic E-state index is -2.22. The molecule has 0 unspecified atom stereocenters. The van der Waals surface area contributed by atoms with Crippen LogP contribution in [-0.4, -0.2) is 54.7 Å². The van der Waals surface area contributed by atoms with E-state index < -0.39 is 17.9 Å². The smallest absolute Gasteiger partial charge is 0.426 e. The Bertz CT molecular complexity index is 589. The molecule has 0 aliphatic rings. The van der Waals surface area contributed by atoms with E-state index in [-0.39, 0.29) is 36.4 Å². The second-order valence-electron chi connectivity index (χ2n) is 13.0. The Labute approximate surface area is 271 Å². The van der Waals surface area contributed by atoms with Crippen molar-refractivity contribution in [3.05, 3.63) is 0 Å². The van der Waals surface area contributed by atoms with Gasteiger partial charge in [0.05, 0.1) is 20.6 Å². The van der Waals surface area contributed by atoms with Gasteiger partial charge in [-0.2, -0.15) is 0 Å². The lowest BCUT2D eigenvalue weighted by Crippen LogP contribution is -3.00. The monoisotopic (exact) mass is 663 g/mol. The van der Waals surface area contributed by atoms with E-state index in [2.05, 4.69) is 20.8 Å². The molecule has 42 heavy (non-hydrogen) atoms. The molecule has 0 aromatic carbocycles. The van der Waals surface area contributed by atoms with Gasteiger partial charge in [-0.1, -0.05) is 149 Å². The van der Waals surface area contributed by atoms with E-state index in [1.165, 1.54) is 103 Å². The zero-order valence-corrected chi connectivity index (χ0v) is 30.1. The van der Waals surface area contributed by atoms with Crippen molar-refractivity contribution in [3.8, 4) is 0 Å². The maximum absolute atomic E-state index is 12.6. The first-order chi connectivity index (χ1) is 19.7. The molecule has 252 valence electrons. The van der Waals surface area contributed by atoms with Gasteiger partial charge >= 0.3 is 17.9 Å². The first-order valence-electron chi connectivity index (χ1n) is 17.7. The highest BCUT2D eigenvalue weighted by Gasteiger charge is 2.43. The Morgan fingerprint density at radius 3 is 1.10 bits per heavy atom. The molecular formula is C35H70BrNO5. The van der Waals surface area contributed by atoms with Gasteiger partial charge in [0.1, 0.15) is 0 Å². The van der Waals surface area contributed by atoms with Crippen molar-refractivity contribution in [2.24, 2.45) is 0 Å². The topological polar surface area (TPSA) is 72.8 Å². The summed E-state index contributed by atoms with van der Waals surface area (Å²) in [7, 11) is 3.90. The predicted octanol–water partition coefficient (Wildman–Crippen LogP) is 6.61. The van der Waals surface area contributed by atoms with Crippen LogP contribution < -0.4 is 17.0 Å². The molecule has 0 saturated carbocycles. The fourth-order valence-corrected chi connectivity index (χ4v) is 5.64. The van der Waals surface area contributed by atoms with Gasteiger partial charge in [-0.15, -0.1) is 0 Å². The molecule has 0 aliphatic carbocycles. The zero-order chi connectivity index (χ0) is 30.7. The maximum Gasteiger partial charge on any atom is 0.426 e. The van der Waals surface area contributed by atoms with Crippen molar-refractivity contribution in [1.82, 2.24) is 0 Å². The summed E-state index contributed by atoms with van der Waals surface area (Å²) >= 11 is 0. The van der Waals surface area contributed by atoms with Gasteiger partial charge < -0.3 is 36.0 Å². The number of carbonyl (C=O) groups is 2. The Balaban J connectivity index is 0. The molecule has 0 amide bonds. The third-order valence-corrected chi connectivity index (χ3v) is 7.97. The molecule has 6 nitrogen and oxygen atoms in total. The van der Waals surface area contributed by atoms with Crippen molar-refractivity contribution >= 4 is 11.9 Å². The van der Waals surface area contributed by atoms with E-state index in [1.807, 2.05) is 14.1 Å². The van der Waals surface area contributed by atoms with Gasteiger partial charge in [0.25, 0.3) is 0 Å². The highest BCUT2D eigenvalue weighted by Crippen LogP contribution is 2.20. The summed E-state index contributed by atoms with van der Waals surface area (Å²) in [4.78, 5) is 25.2. The molecule has 0 spiro atoms. The summed E-state index contributed by atoms with van der Waals surface area (Å²) in [6.07, 6.45) is 27.8. The SMILES string of the molecule is CCCCCCCCCCCCCC(=O)OC(O)(C[N+](C)(C)CCC)OC(=O)CCCCCCCCCCCCC.[Br-]. The van der Waals surface area contributed by atoms with Gasteiger partial charge in [0.2, 0.25) is 0 Å². The number of hydrogen-bond donors (Lipinski definition) is 1. The van der Waals surface area contributed by atoms with E-state index in [4.69, 9.17) is 9.47 Å². The van der Waals surface area contributed by atoms with Crippen LogP contribution in [0.5, 0.6) is 0 Å². The number of unbranched alkanes of at least 4 members (excludes halogenated alkanes) is 20. The van der Waals surface area contributed by atoms with Crippen LogP contribution in [0.1, 0.15) is 181 Å². The van der Waals surface area contributed by atoms with Gasteiger partial charge in [-0.05, 0) is 19.3 Å². The van der Waals surface area contributed by atoms with Crippen LogP contribution in [0.2, 0.25) is 0 Å². The number of quaternary nitrogens is 1. The average Bonchev–Trinajstić information content (AvgIpc) is 2.89. The number of aliphatic hydroxyl groups is 1. The number of halogens is 1. The van der Waals surface area contributed by atoms with Crippen molar-refractivity contribution in [3.63, 3.8) is 0 Å². The van der Waals surface area contributed by atoms with Crippen molar-refractivity contribution < 1.29 is 45.6 Å². The Hall–Kier alpha value is -0.660. The number of nitrogens with zero attached hydrogens (tertiary/aromatic N) is 1.